The summed E-state index contributed by atoms with van der Waals surface area (Å²) >= 11 is 0. The van der Waals surface area contributed by atoms with Crippen LogP contribution in [0.5, 0.6) is 11.6 Å². The molecule has 1 saturated heterocycles. The van der Waals surface area contributed by atoms with Gasteiger partial charge in [-0.25, -0.2) is 9.97 Å². The minimum absolute atomic E-state index is 0.100. The van der Waals surface area contributed by atoms with Crippen LogP contribution in [0.25, 0.3) is 33.4 Å². The molecule has 0 radical (unpaired) electrons. The van der Waals surface area contributed by atoms with Crippen LogP contribution in [0.3, 0.4) is 0 Å². The summed E-state index contributed by atoms with van der Waals surface area (Å²) in [6, 6.07) is 13.0. The Morgan fingerprint density at radius 3 is 2.68 bits per heavy atom. The highest BCUT2D eigenvalue weighted by Gasteiger charge is 2.39. The number of benzene rings is 2. The Bertz CT molecular complexity index is 1750. The Balaban J connectivity index is 1.33. The van der Waals surface area contributed by atoms with Crippen molar-refractivity contribution in [1.29, 1.82) is 0 Å². The summed E-state index contributed by atoms with van der Waals surface area (Å²) in [6.07, 6.45) is -4.77. The van der Waals surface area contributed by atoms with E-state index in [0.29, 0.717) is 17.9 Å². The molecule has 0 aliphatic carbocycles. The lowest BCUT2D eigenvalue weighted by Gasteiger charge is -2.34. The number of carbonyl (C=O) groups excluding carboxylic acids is 1. The minimum atomic E-state index is -4.77. The van der Waals surface area contributed by atoms with Crippen LogP contribution in [0.2, 0.25) is 0 Å². The Labute approximate surface area is 230 Å². The van der Waals surface area contributed by atoms with E-state index in [0.717, 1.165) is 15.5 Å². The SMILES string of the molecule is COc1ccc2nc(C(F)(F)F)n(CC(=O)N3CCNC[C@H]3c3noc(-c4cc5ccccc5nc4OC)n3)c2c1. The van der Waals surface area contributed by atoms with Crippen molar-refractivity contribution in [2.75, 3.05) is 33.9 Å². The van der Waals surface area contributed by atoms with Crippen molar-refractivity contribution in [3.8, 4) is 23.1 Å². The van der Waals surface area contributed by atoms with E-state index in [2.05, 4.69) is 25.4 Å². The first-order valence-electron chi connectivity index (χ1n) is 12.7. The van der Waals surface area contributed by atoms with Crippen LogP contribution in [0.4, 0.5) is 13.2 Å². The van der Waals surface area contributed by atoms with E-state index in [4.69, 9.17) is 14.0 Å². The van der Waals surface area contributed by atoms with Gasteiger partial charge in [-0.2, -0.15) is 18.2 Å². The van der Waals surface area contributed by atoms with E-state index >= 15 is 0 Å². The molecular weight excluding hydrogens is 543 g/mol. The summed E-state index contributed by atoms with van der Waals surface area (Å²) in [6.45, 7) is 0.357. The first-order chi connectivity index (χ1) is 19.8. The number of carbonyl (C=O) groups is 1. The van der Waals surface area contributed by atoms with Gasteiger partial charge in [0.2, 0.25) is 17.6 Å². The van der Waals surface area contributed by atoms with Crippen LogP contribution >= 0.6 is 0 Å². The number of ether oxygens (including phenoxy) is 2. The molecule has 1 N–H and O–H groups in total. The van der Waals surface area contributed by atoms with Crippen LogP contribution in [0.15, 0.2) is 53.1 Å². The molecule has 14 heteroatoms. The highest BCUT2D eigenvalue weighted by atomic mass is 19.4. The largest absolute Gasteiger partial charge is 0.497 e. The predicted octanol–water partition coefficient (Wildman–Crippen LogP) is 3.84. The van der Waals surface area contributed by atoms with Gasteiger partial charge in [-0.1, -0.05) is 23.4 Å². The number of nitrogens with zero attached hydrogens (tertiary/aromatic N) is 6. The van der Waals surface area contributed by atoms with Crippen molar-refractivity contribution < 1.29 is 32.0 Å². The lowest BCUT2D eigenvalue weighted by atomic mass is 10.1. The van der Waals surface area contributed by atoms with Crippen molar-refractivity contribution >= 4 is 27.8 Å². The second-order valence-electron chi connectivity index (χ2n) is 9.38. The maximum Gasteiger partial charge on any atom is 0.449 e. The van der Waals surface area contributed by atoms with Gasteiger partial charge in [0.25, 0.3) is 5.89 Å². The van der Waals surface area contributed by atoms with Crippen molar-refractivity contribution in [1.82, 2.24) is 34.9 Å². The van der Waals surface area contributed by atoms with Crippen LogP contribution in [-0.2, 0) is 17.5 Å². The summed E-state index contributed by atoms with van der Waals surface area (Å²) in [5, 5.41) is 8.13. The molecule has 2 aromatic carbocycles. The summed E-state index contributed by atoms with van der Waals surface area (Å²) in [7, 11) is 2.89. The molecule has 5 aromatic rings. The van der Waals surface area contributed by atoms with E-state index in [1.165, 1.54) is 37.3 Å². The molecule has 0 spiro atoms. The molecule has 1 aliphatic rings. The molecule has 0 unspecified atom stereocenters. The third-order valence-electron chi connectivity index (χ3n) is 6.92. The Morgan fingerprint density at radius 1 is 1.07 bits per heavy atom. The zero-order valence-corrected chi connectivity index (χ0v) is 22.0. The molecule has 0 bridgehead atoms. The van der Waals surface area contributed by atoms with Gasteiger partial charge in [0.1, 0.15) is 23.9 Å². The normalized spacial score (nSPS) is 15.9. The van der Waals surface area contributed by atoms with E-state index in [-0.39, 0.29) is 41.7 Å². The number of para-hydroxylation sites is 1. The molecule has 3 aromatic heterocycles. The number of pyridine rings is 1. The first kappa shape index (κ1) is 26.5. The van der Waals surface area contributed by atoms with Gasteiger partial charge < -0.3 is 28.8 Å². The Morgan fingerprint density at radius 2 is 1.90 bits per heavy atom. The van der Waals surface area contributed by atoms with Gasteiger partial charge >= 0.3 is 6.18 Å². The minimum Gasteiger partial charge on any atom is -0.497 e. The molecular formula is C27H24F3N7O4. The maximum atomic E-state index is 13.9. The number of alkyl halides is 3. The molecule has 0 saturated carbocycles. The molecule has 41 heavy (non-hydrogen) atoms. The number of hydrogen-bond donors (Lipinski definition) is 1. The van der Waals surface area contributed by atoms with Gasteiger partial charge in [-0.3, -0.25) is 4.79 Å². The number of imidazole rings is 1. The highest BCUT2D eigenvalue weighted by molar-refractivity contribution is 5.85. The lowest BCUT2D eigenvalue weighted by Crippen LogP contribution is -2.50. The summed E-state index contributed by atoms with van der Waals surface area (Å²) < 4.78 is 58.8. The monoisotopic (exact) mass is 567 g/mol. The third-order valence-corrected chi connectivity index (χ3v) is 6.92. The van der Waals surface area contributed by atoms with Crippen LogP contribution in [0.1, 0.15) is 17.7 Å². The van der Waals surface area contributed by atoms with Crippen molar-refractivity contribution in [2.45, 2.75) is 18.8 Å². The molecule has 1 amide bonds. The zero-order chi connectivity index (χ0) is 28.7. The number of amides is 1. The number of hydrogen-bond acceptors (Lipinski definition) is 9. The number of fused-ring (bicyclic) bond motifs is 2. The summed E-state index contributed by atoms with van der Waals surface area (Å²) in [5.74, 6) is -0.753. The Hall–Kier alpha value is -4.72. The van der Waals surface area contributed by atoms with Gasteiger partial charge in [0.05, 0.1) is 30.8 Å². The molecule has 1 aliphatic heterocycles. The van der Waals surface area contributed by atoms with Crippen LogP contribution in [0, 0.1) is 0 Å². The fourth-order valence-electron chi connectivity index (χ4n) is 4.95. The molecule has 11 nitrogen and oxygen atoms in total. The maximum absolute atomic E-state index is 13.9. The van der Waals surface area contributed by atoms with E-state index in [1.807, 2.05) is 30.3 Å². The van der Waals surface area contributed by atoms with Crippen molar-refractivity contribution in [2.24, 2.45) is 0 Å². The fourth-order valence-corrected chi connectivity index (χ4v) is 4.95. The molecule has 1 fully saturated rings. The number of rotatable bonds is 6. The highest BCUT2D eigenvalue weighted by Crippen LogP contribution is 2.34. The van der Waals surface area contributed by atoms with Crippen molar-refractivity contribution in [3.05, 3.63) is 60.2 Å². The lowest BCUT2D eigenvalue weighted by molar-refractivity contribution is -0.148. The van der Waals surface area contributed by atoms with Gasteiger partial charge in [-0.05, 0) is 24.3 Å². The van der Waals surface area contributed by atoms with E-state index in [1.54, 1.807) is 0 Å². The average Bonchev–Trinajstić information content (AvgIpc) is 3.61. The second kappa shape index (κ2) is 10.4. The average molecular weight is 568 g/mol. The van der Waals surface area contributed by atoms with Crippen LogP contribution < -0.4 is 14.8 Å². The Kier molecular flexibility index (Phi) is 6.69. The second-order valence-corrected chi connectivity index (χ2v) is 9.38. The smallest absolute Gasteiger partial charge is 0.449 e. The number of nitrogens with one attached hydrogen (secondary N) is 1. The molecule has 4 heterocycles. The topological polar surface area (TPSA) is 120 Å². The first-order valence-corrected chi connectivity index (χ1v) is 12.7. The molecule has 6 rings (SSSR count). The third kappa shape index (κ3) is 4.90. The van der Waals surface area contributed by atoms with Gasteiger partial charge in [0.15, 0.2) is 5.82 Å². The van der Waals surface area contributed by atoms with Crippen molar-refractivity contribution in [3.63, 3.8) is 0 Å². The quantitative estimate of drug-likeness (QED) is 0.326. The summed E-state index contributed by atoms with van der Waals surface area (Å²) in [4.78, 5) is 27.8. The van der Waals surface area contributed by atoms with Crippen LogP contribution in [-0.4, -0.2) is 69.3 Å². The molecule has 212 valence electrons. The fraction of sp³-hybridized carbons (Fsp3) is 0.296. The summed E-state index contributed by atoms with van der Waals surface area (Å²) in [5.41, 5.74) is 1.43. The predicted molar refractivity (Wildman–Crippen MR) is 140 cm³/mol. The molecule has 1 atom stereocenters. The van der Waals surface area contributed by atoms with E-state index < -0.39 is 30.5 Å². The van der Waals surface area contributed by atoms with Gasteiger partial charge in [-0.15, -0.1) is 0 Å². The number of methoxy groups -OCH3 is 2. The van der Waals surface area contributed by atoms with Gasteiger partial charge in [0, 0.05) is 31.1 Å². The van der Waals surface area contributed by atoms with E-state index in [9.17, 15) is 18.0 Å². The standard InChI is InChI=1S/C27H24F3N7O4/c1-39-16-7-8-19-20(12-16)37(26(33-19)27(28,29)30)14-22(38)36-10-9-31-13-21(36)23-34-25(41-35-23)17-11-15-5-3-4-6-18(15)32-24(17)40-2/h3-8,11-12,21,31H,9-10,13-14H2,1-2H3/t21-/m0/s1. The number of halogens is 3. The number of piperazine rings is 1. The zero-order valence-electron chi connectivity index (χ0n) is 22.0. The number of aromatic nitrogens is 5.